The lowest BCUT2D eigenvalue weighted by Gasteiger charge is -2.09. The maximum absolute atomic E-state index is 10.9. The molecule has 1 aromatic rings. The van der Waals surface area contributed by atoms with Crippen LogP contribution in [0.15, 0.2) is 12.1 Å². The Morgan fingerprint density at radius 2 is 2.29 bits per heavy atom. The van der Waals surface area contributed by atoms with Crippen molar-refractivity contribution in [2.45, 2.75) is 26.2 Å². The van der Waals surface area contributed by atoms with Gasteiger partial charge >= 0.3 is 5.97 Å². The Morgan fingerprint density at radius 3 is 2.82 bits per heavy atom. The average molecular weight is 233 g/mol. The molecule has 0 aliphatic rings. The van der Waals surface area contributed by atoms with Gasteiger partial charge in [-0.2, -0.15) is 0 Å². The number of hydrogen-bond donors (Lipinski definition) is 1. The molecule has 1 N–H and O–H groups in total. The van der Waals surface area contributed by atoms with Crippen LogP contribution in [-0.4, -0.2) is 22.7 Å². The molecule has 90 valence electrons. The minimum atomic E-state index is -0.990. The van der Waals surface area contributed by atoms with E-state index >= 15 is 0 Å². The topological polar surface area (TPSA) is 59.4 Å². The number of hydrogen-bond acceptors (Lipinski definition) is 3. The van der Waals surface area contributed by atoms with Crippen LogP contribution >= 0.6 is 0 Å². The molecule has 0 aromatic carbocycles. The van der Waals surface area contributed by atoms with Crippen LogP contribution in [-0.2, 0) is 0 Å². The van der Waals surface area contributed by atoms with E-state index in [0.29, 0.717) is 24.6 Å². The van der Waals surface area contributed by atoms with Gasteiger partial charge in [0, 0.05) is 18.2 Å². The lowest BCUT2D eigenvalue weighted by atomic mass is 10.1. The van der Waals surface area contributed by atoms with Gasteiger partial charge in [0.25, 0.3) is 0 Å². The largest absolute Gasteiger partial charge is 0.478 e. The minimum Gasteiger partial charge on any atom is -0.478 e. The standard InChI is InChI=1S/C13H15NO3/c1-4-5-6-17-12-8-10(13(15)16)7-11(14-12)9(2)3/h1,7-9H,5-6H2,2-3H3,(H,15,16). The first-order chi connectivity index (χ1) is 8.04. The van der Waals surface area contributed by atoms with Crippen LogP contribution in [0.4, 0.5) is 0 Å². The van der Waals surface area contributed by atoms with E-state index in [-0.39, 0.29) is 11.5 Å². The molecule has 0 radical (unpaired) electrons. The van der Waals surface area contributed by atoms with Crippen LogP contribution in [0.3, 0.4) is 0 Å². The normalized spacial score (nSPS) is 10.0. The number of nitrogens with zero attached hydrogens (tertiary/aromatic N) is 1. The molecule has 4 nitrogen and oxygen atoms in total. The smallest absolute Gasteiger partial charge is 0.335 e. The molecular weight excluding hydrogens is 218 g/mol. The zero-order valence-corrected chi connectivity index (χ0v) is 9.93. The van der Waals surface area contributed by atoms with Gasteiger partial charge in [0.2, 0.25) is 5.88 Å². The number of aromatic nitrogens is 1. The number of rotatable bonds is 5. The Hall–Kier alpha value is -2.02. The van der Waals surface area contributed by atoms with Gasteiger partial charge in [0.1, 0.15) is 6.61 Å². The van der Waals surface area contributed by atoms with Crippen molar-refractivity contribution in [2.24, 2.45) is 0 Å². The molecule has 1 heterocycles. The van der Waals surface area contributed by atoms with E-state index in [9.17, 15) is 4.79 Å². The Kier molecular flexibility index (Phi) is 4.53. The van der Waals surface area contributed by atoms with Crippen molar-refractivity contribution >= 4 is 5.97 Å². The van der Waals surface area contributed by atoms with Gasteiger partial charge in [0.15, 0.2) is 0 Å². The maximum Gasteiger partial charge on any atom is 0.335 e. The highest BCUT2D eigenvalue weighted by atomic mass is 16.5. The van der Waals surface area contributed by atoms with E-state index in [1.165, 1.54) is 6.07 Å². The fraction of sp³-hybridized carbons (Fsp3) is 0.385. The number of carboxylic acid groups (broad SMARTS) is 1. The zero-order chi connectivity index (χ0) is 12.8. The van der Waals surface area contributed by atoms with E-state index < -0.39 is 5.97 Å². The highest BCUT2D eigenvalue weighted by Gasteiger charge is 2.11. The van der Waals surface area contributed by atoms with Crippen LogP contribution in [0.1, 0.15) is 42.2 Å². The lowest BCUT2D eigenvalue weighted by Crippen LogP contribution is -2.05. The number of pyridine rings is 1. The van der Waals surface area contributed by atoms with Gasteiger partial charge in [-0.3, -0.25) is 0 Å². The first-order valence-electron chi connectivity index (χ1n) is 5.36. The maximum atomic E-state index is 10.9. The molecule has 4 heteroatoms. The molecule has 17 heavy (non-hydrogen) atoms. The average Bonchev–Trinajstić information content (AvgIpc) is 2.29. The second kappa shape index (κ2) is 5.90. The highest BCUT2D eigenvalue weighted by molar-refractivity contribution is 5.88. The van der Waals surface area contributed by atoms with Gasteiger partial charge in [-0.15, -0.1) is 12.3 Å². The molecule has 0 aliphatic carbocycles. The molecule has 0 atom stereocenters. The van der Waals surface area contributed by atoms with Crippen molar-refractivity contribution < 1.29 is 14.6 Å². The number of aromatic carboxylic acids is 1. The number of ether oxygens (including phenoxy) is 1. The molecule has 0 unspecified atom stereocenters. The van der Waals surface area contributed by atoms with E-state index in [0.717, 1.165) is 0 Å². The predicted molar refractivity (Wildman–Crippen MR) is 64.2 cm³/mol. The fourth-order valence-electron chi connectivity index (χ4n) is 1.23. The fourth-order valence-corrected chi connectivity index (χ4v) is 1.23. The predicted octanol–water partition coefficient (Wildman–Crippen LogP) is 2.31. The molecule has 0 saturated carbocycles. The third-order valence-electron chi connectivity index (χ3n) is 2.16. The summed E-state index contributed by atoms with van der Waals surface area (Å²) in [5, 5.41) is 8.97. The van der Waals surface area contributed by atoms with Crippen molar-refractivity contribution in [1.82, 2.24) is 4.98 Å². The third kappa shape index (κ3) is 3.80. The van der Waals surface area contributed by atoms with E-state index in [2.05, 4.69) is 10.9 Å². The van der Waals surface area contributed by atoms with Crippen LogP contribution < -0.4 is 4.74 Å². The lowest BCUT2D eigenvalue weighted by molar-refractivity contribution is 0.0696. The summed E-state index contributed by atoms with van der Waals surface area (Å²) < 4.78 is 5.31. The summed E-state index contributed by atoms with van der Waals surface area (Å²) in [7, 11) is 0. The van der Waals surface area contributed by atoms with E-state index in [4.69, 9.17) is 16.3 Å². The molecule has 0 spiro atoms. The molecular formula is C13H15NO3. The number of carbonyl (C=O) groups is 1. The van der Waals surface area contributed by atoms with Gasteiger partial charge in [-0.1, -0.05) is 13.8 Å². The van der Waals surface area contributed by atoms with Crippen molar-refractivity contribution in [3.05, 3.63) is 23.4 Å². The van der Waals surface area contributed by atoms with Gasteiger partial charge in [0.05, 0.1) is 5.56 Å². The molecule has 1 rings (SSSR count). The van der Waals surface area contributed by atoms with Crippen LogP contribution in [0, 0.1) is 12.3 Å². The van der Waals surface area contributed by atoms with E-state index in [1.807, 2.05) is 13.8 Å². The molecule has 0 amide bonds. The minimum absolute atomic E-state index is 0.143. The van der Waals surface area contributed by atoms with Crippen molar-refractivity contribution in [3.8, 4) is 18.2 Å². The Balaban J connectivity index is 2.96. The molecule has 0 fully saturated rings. The summed E-state index contributed by atoms with van der Waals surface area (Å²) in [4.78, 5) is 15.2. The van der Waals surface area contributed by atoms with Crippen molar-refractivity contribution in [3.63, 3.8) is 0 Å². The van der Waals surface area contributed by atoms with Gasteiger partial charge in [-0.25, -0.2) is 9.78 Å². The summed E-state index contributed by atoms with van der Waals surface area (Å²) in [6.07, 6.45) is 5.57. The summed E-state index contributed by atoms with van der Waals surface area (Å²) in [5.41, 5.74) is 0.875. The Labute approximate surface area is 101 Å². The third-order valence-corrected chi connectivity index (χ3v) is 2.16. The number of carboxylic acids is 1. The number of terminal acetylenes is 1. The van der Waals surface area contributed by atoms with Crippen molar-refractivity contribution in [1.29, 1.82) is 0 Å². The zero-order valence-electron chi connectivity index (χ0n) is 9.93. The molecule has 1 aromatic heterocycles. The first kappa shape index (κ1) is 13.0. The quantitative estimate of drug-likeness (QED) is 0.626. The molecule has 0 saturated heterocycles. The highest BCUT2D eigenvalue weighted by Crippen LogP contribution is 2.19. The summed E-state index contributed by atoms with van der Waals surface area (Å²) in [6, 6.07) is 2.96. The molecule has 0 bridgehead atoms. The second-order valence-electron chi connectivity index (χ2n) is 3.88. The first-order valence-corrected chi connectivity index (χ1v) is 5.36. The monoisotopic (exact) mass is 233 g/mol. The van der Waals surface area contributed by atoms with Crippen LogP contribution in [0.5, 0.6) is 5.88 Å². The summed E-state index contributed by atoms with van der Waals surface area (Å²) in [5.74, 6) is 1.91. The van der Waals surface area contributed by atoms with Crippen LogP contribution in [0.25, 0.3) is 0 Å². The second-order valence-corrected chi connectivity index (χ2v) is 3.88. The summed E-state index contributed by atoms with van der Waals surface area (Å²) >= 11 is 0. The van der Waals surface area contributed by atoms with Crippen LogP contribution in [0.2, 0.25) is 0 Å². The van der Waals surface area contributed by atoms with Crippen molar-refractivity contribution in [2.75, 3.05) is 6.61 Å². The van der Waals surface area contributed by atoms with E-state index in [1.54, 1.807) is 6.07 Å². The van der Waals surface area contributed by atoms with Gasteiger partial charge in [-0.05, 0) is 12.0 Å². The Morgan fingerprint density at radius 1 is 1.59 bits per heavy atom. The SMILES string of the molecule is C#CCCOc1cc(C(=O)O)cc(C(C)C)n1. The summed E-state index contributed by atoms with van der Waals surface area (Å²) in [6.45, 7) is 4.22. The Bertz CT molecular complexity index is 446. The molecule has 0 aliphatic heterocycles. The van der Waals surface area contributed by atoms with Gasteiger partial charge < -0.3 is 9.84 Å².